The Hall–Kier alpha value is -2.97. The minimum Gasteiger partial charge on any atom is -0.480 e. The number of benzene rings is 1. The van der Waals surface area contributed by atoms with Gasteiger partial charge in [0.15, 0.2) is 0 Å². The fraction of sp³-hybridized carbons (Fsp3) is 0.500. The van der Waals surface area contributed by atoms with Crippen LogP contribution >= 0.6 is 0 Å². The molecule has 3 amide bonds. The van der Waals surface area contributed by atoms with E-state index >= 15 is 0 Å². The number of hydrogen-bond acceptors (Lipinski definition) is 4. The molecule has 8 nitrogen and oxygen atoms in total. The van der Waals surface area contributed by atoms with E-state index in [0.717, 1.165) is 0 Å². The first-order valence-corrected chi connectivity index (χ1v) is 9.53. The van der Waals surface area contributed by atoms with Crippen LogP contribution in [0.2, 0.25) is 0 Å². The normalized spacial score (nSPS) is 19.4. The molecule has 9 heteroatoms. The second-order valence-electron chi connectivity index (χ2n) is 7.32. The van der Waals surface area contributed by atoms with Crippen LogP contribution in [0, 0.1) is 17.7 Å². The number of halogens is 1. The number of nitrogens with one attached hydrogen (secondary N) is 2. The van der Waals surface area contributed by atoms with Crippen molar-refractivity contribution in [2.24, 2.45) is 11.8 Å². The van der Waals surface area contributed by atoms with Gasteiger partial charge in [-0.05, 0) is 37.1 Å². The molecule has 1 aliphatic heterocycles. The van der Waals surface area contributed by atoms with E-state index in [4.69, 9.17) is 5.11 Å². The van der Waals surface area contributed by atoms with Gasteiger partial charge in [-0.25, -0.2) is 4.39 Å². The Morgan fingerprint density at radius 3 is 2.38 bits per heavy atom. The Morgan fingerprint density at radius 1 is 1.21 bits per heavy atom. The lowest BCUT2D eigenvalue weighted by atomic mass is 9.96. The van der Waals surface area contributed by atoms with Gasteiger partial charge in [0, 0.05) is 18.7 Å². The van der Waals surface area contributed by atoms with Gasteiger partial charge in [0.2, 0.25) is 17.7 Å². The van der Waals surface area contributed by atoms with E-state index in [2.05, 4.69) is 10.6 Å². The van der Waals surface area contributed by atoms with Crippen molar-refractivity contribution >= 4 is 29.4 Å². The highest BCUT2D eigenvalue weighted by atomic mass is 19.1. The van der Waals surface area contributed by atoms with Gasteiger partial charge in [-0.1, -0.05) is 20.3 Å². The molecule has 4 atom stereocenters. The van der Waals surface area contributed by atoms with Gasteiger partial charge in [0.05, 0.1) is 5.92 Å². The summed E-state index contributed by atoms with van der Waals surface area (Å²) in [6.07, 6.45) is 0.564. The highest BCUT2D eigenvalue weighted by Crippen LogP contribution is 2.25. The molecule has 1 aromatic carbocycles. The number of hydrogen-bond donors (Lipinski definition) is 3. The van der Waals surface area contributed by atoms with Gasteiger partial charge in [-0.15, -0.1) is 0 Å². The zero-order valence-electron chi connectivity index (χ0n) is 16.6. The SMILES string of the molecule is CC[C@H](C)[C@H](NC(=O)[C@H]1CC(=O)N(c2ccc(F)cc2)C1)C(=O)N[C@@H](C)C(=O)O. The predicted molar refractivity (Wildman–Crippen MR) is 103 cm³/mol. The standard InChI is InChI=1S/C20H26FN3O5/c1-4-11(2)17(19(27)22-12(3)20(28)29)23-18(26)13-9-16(25)24(10-13)15-7-5-14(21)6-8-15/h5-8,11-13,17H,4,9-10H2,1-3H3,(H,22,27)(H,23,26)(H,28,29)/t11-,12-,13-,17-/m0/s1. The lowest BCUT2D eigenvalue weighted by Crippen LogP contribution is -2.54. The molecule has 0 saturated carbocycles. The molecule has 0 radical (unpaired) electrons. The quantitative estimate of drug-likeness (QED) is 0.601. The Morgan fingerprint density at radius 2 is 1.83 bits per heavy atom. The molecule has 1 fully saturated rings. The van der Waals surface area contributed by atoms with Gasteiger partial charge in [0.1, 0.15) is 17.9 Å². The number of carbonyl (C=O) groups is 4. The van der Waals surface area contributed by atoms with Crippen molar-refractivity contribution in [1.29, 1.82) is 0 Å². The molecular weight excluding hydrogens is 381 g/mol. The summed E-state index contributed by atoms with van der Waals surface area (Å²) in [5.41, 5.74) is 0.498. The summed E-state index contributed by atoms with van der Waals surface area (Å²) in [7, 11) is 0. The van der Waals surface area contributed by atoms with Crippen LogP contribution in [0.5, 0.6) is 0 Å². The van der Waals surface area contributed by atoms with E-state index in [1.807, 2.05) is 6.92 Å². The molecule has 0 aromatic heterocycles. The molecule has 0 aliphatic carbocycles. The molecule has 2 rings (SSSR count). The number of rotatable bonds is 8. The van der Waals surface area contributed by atoms with Crippen LogP contribution in [0.15, 0.2) is 24.3 Å². The summed E-state index contributed by atoms with van der Waals surface area (Å²) in [5, 5.41) is 14.0. The molecule has 0 unspecified atom stereocenters. The van der Waals surface area contributed by atoms with Crippen LogP contribution in [-0.4, -0.2) is 47.4 Å². The van der Waals surface area contributed by atoms with Crippen molar-refractivity contribution < 1.29 is 28.7 Å². The third-order valence-corrected chi connectivity index (χ3v) is 5.16. The molecule has 3 N–H and O–H groups in total. The minimum atomic E-state index is -1.18. The molecule has 1 heterocycles. The highest BCUT2D eigenvalue weighted by molar-refractivity contribution is 6.01. The maximum absolute atomic E-state index is 13.1. The number of carbonyl (C=O) groups excluding carboxylic acids is 3. The third-order valence-electron chi connectivity index (χ3n) is 5.16. The van der Waals surface area contributed by atoms with Crippen LogP contribution in [0.3, 0.4) is 0 Å². The van der Waals surface area contributed by atoms with Crippen LogP contribution in [0.4, 0.5) is 10.1 Å². The Kier molecular flexibility index (Phi) is 7.30. The van der Waals surface area contributed by atoms with Crippen molar-refractivity contribution in [1.82, 2.24) is 10.6 Å². The van der Waals surface area contributed by atoms with Crippen molar-refractivity contribution in [2.45, 2.75) is 45.7 Å². The summed E-state index contributed by atoms with van der Waals surface area (Å²) in [4.78, 5) is 49.9. The van der Waals surface area contributed by atoms with Gasteiger partial charge >= 0.3 is 5.97 Å². The first-order valence-electron chi connectivity index (χ1n) is 9.53. The highest BCUT2D eigenvalue weighted by Gasteiger charge is 2.37. The minimum absolute atomic E-state index is 0.0242. The molecule has 29 heavy (non-hydrogen) atoms. The maximum Gasteiger partial charge on any atom is 0.325 e. The third kappa shape index (κ3) is 5.52. The summed E-state index contributed by atoms with van der Waals surface area (Å²) in [5.74, 6) is -3.79. The number of carboxylic acid groups (broad SMARTS) is 1. The lowest BCUT2D eigenvalue weighted by molar-refractivity contribution is -0.142. The number of amides is 3. The zero-order valence-corrected chi connectivity index (χ0v) is 16.6. The first-order chi connectivity index (χ1) is 13.6. The number of anilines is 1. The Labute approximate surface area is 168 Å². The van der Waals surface area contributed by atoms with E-state index in [0.29, 0.717) is 12.1 Å². The molecule has 158 valence electrons. The van der Waals surface area contributed by atoms with E-state index in [1.165, 1.54) is 36.1 Å². The molecule has 0 bridgehead atoms. The average molecular weight is 407 g/mol. The zero-order chi connectivity index (χ0) is 21.7. The van der Waals surface area contributed by atoms with Crippen LogP contribution < -0.4 is 15.5 Å². The summed E-state index contributed by atoms with van der Waals surface area (Å²) in [6.45, 7) is 5.09. The molecular formula is C20H26FN3O5. The van der Waals surface area contributed by atoms with E-state index in [1.54, 1.807) is 6.92 Å². The number of nitrogens with zero attached hydrogens (tertiary/aromatic N) is 1. The van der Waals surface area contributed by atoms with Gasteiger partial charge in [0.25, 0.3) is 0 Å². The fourth-order valence-electron chi connectivity index (χ4n) is 3.09. The molecule has 1 saturated heterocycles. The second kappa shape index (κ2) is 9.49. The largest absolute Gasteiger partial charge is 0.480 e. The van der Waals surface area contributed by atoms with Crippen LogP contribution in [0.25, 0.3) is 0 Å². The summed E-state index contributed by atoms with van der Waals surface area (Å²) in [6, 6.07) is 3.41. The summed E-state index contributed by atoms with van der Waals surface area (Å²) >= 11 is 0. The Balaban J connectivity index is 2.07. The van der Waals surface area contributed by atoms with Crippen molar-refractivity contribution in [3.63, 3.8) is 0 Å². The van der Waals surface area contributed by atoms with E-state index in [9.17, 15) is 23.6 Å². The van der Waals surface area contributed by atoms with E-state index < -0.39 is 41.6 Å². The Bertz CT molecular complexity index is 783. The second-order valence-corrected chi connectivity index (χ2v) is 7.32. The molecule has 1 aromatic rings. The first kappa shape index (κ1) is 22.3. The van der Waals surface area contributed by atoms with Crippen molar-refractivity contribution in [3.05, 3.63) is 30.1 Å². The van der Waals surface area contributed by atoms with E-state index in [-0.39, 0.29) is 24.8 Å². The van der Waals surface area contributed by atoms with Crippen LogP contribution in [-0.2, 0) is 19.2 Å². The van der Waals surface area contributed by atoms with Crippen LogP contribution in [0.1, 0.15) is 33.6 Å². The fourth-order valence-corrected chi connectivity index (χ4v) is 3.09. The molecule has 1 aliphatic rings. The number of carboxylic acids is 1. The topological polar surface area (TPSA) is 116 Å². The lowest BCUT2D eigenvalue weighted by Gasteiger charge is -2.26. The van der Waals surface area contributed by atoms with Gasteiger partial charge < -0.3 is 20.6 Å². The maximum atomic E-state index is 13.1. The van der Waals surface area contributed by atoms with Gasteiger partial charge in [-0.3, -0.25) is 19.2 Å². The predicted octanol–water partition coefficient (Wildman–Crippen LogP) is 1.30. The van der Waals surface area contributed by atoms with Gasteiger partial charge in [-0.2, -0.15) is 0 Å². The smallest absolute Gasteiger partial charge is 0.325 e. The average Bonchev–Trinajstić information content (AvgIpc) is 3.07. The van der Waals surface area contributed by atoms with Crippen molar-refractivity contribution in [3.8, 4) is 0 Å². The monoisotopic (exact) mass is 407 g/mol. The number of aliphatic carboxylic acids is 1. The van der Waals surface area contributed by atoms with Crippen molar-refractivity contribution in [2.75, 3.05) is 11.4 Å². The summed E-state index contributed by atoms with van der Waals surface area (Å²) < 4.78 is 13.1. The molecule has 0 spiro atoms.